The zero-order chi connectivity index (χ0) is 10.6. The molecule has 0 saturated heterocycles. The summed E-state index contributed by atoms with van der Waals surface area (Å²) in [5.41, 5.74) is 5.68. The SMILES string of the molecule is CCOC(=O)C(N)Cc1ccc(C)s1. The molecule has 0 amide bonds. The Kier molecular flexibility index (Phi) is 4.10. The largest absolute Gasteiger partial charge is 0.465 e. The first-order valence-corrected chi connectivity index (χ1v) is 5.42. The molecule has 1 heterocycles. The quantitative estimate of drug-likeness (QED) is 0.771. The molecule has 1 aromatic heterocycles. The van der Waals surface area contributed by atoms with E-state index < -0.39 is 6.04 Å². The number of ether oxygens (including phenoxy) is 1. The van der Waals surface area contributed by atoms with Crippen LogP contribution in [0.4, 0.5) is 0 Å². The maximum absolute atomic E-state index is 11.2. The molecule has 0 fully saturated rings. The molecule has 78 valence electrons. The van der Waals surface area contributed by atoms with Crippen molar-refractivity contribution < 1.29 is 9.53 Å². The summed E-state index contributed by atoms with van der Waals surface area (Å²) < 4.78 is 4.82. The average molecular weight is 213 g/mol. The van der Waals surface area contributed by atoms with Gasteiger partial charge in [-0.25, -0.2) is 0 Å². The Morgan fingerprint density at radius 1 is 1.64 bits per heavy atom. The van der Waals surface area contributed by atoms with Crippen molar-refractivity contribution in [2.45, 2.75) is 26.3 Å². The van der Waals surface area contributed by atoms with Crippen molar-refractivity contribution in [3.05, 3.63) is 21.9 Å². The minimum atomic E-state index is -0.534. The molecule has 0 aliphatic carbocycles. The maximum atomic E-state index is 11.2. The molecular formula is C10H15NO2S. The van der Waals surface area contributed by atoms with E-state index in [4.69, 9.17) is 10.5 Å². The molecule has 0 aliphatic rings. The van der Waals surface area contributed by atoms with Gasteiger partial charge in [-0.15, -0.1) is 11.3 Å². The van der Waals surface area contributed by atoms with Gasteiger partial charge in [0.05, 0.1) is 6.61 Å². The van der Waals surface area contributed by atoms with Gasteiger partial charge in [-0.1, -0.05) is 0 Å². The Morgan fingerprint density at radius 3 is 2.86 bits per heavy atom. The second kappa shape index (κ2) is 5.12. The van der Waals surface area contributed by atoms with Crippen LogP contribution in [0.15, 0.2) is 12.1 Å². The number of aryl methyl sites for hydroxylation is 1. The predicted molar refractivity (Wildman–Crippen MR) is 57.4 cm³/mol. The van der Waals surface area contributed by atoms with E-state index in [2.05, 4.69) is 0 Å². The number of nitrogens with two attached hydrogens (primary N) is 1. The van der Waals surface area contributed by atoms with Crippen LogP contribution in [-0.2, 0) is 16.0 Å². The van der Waals surface area contributed by atoms with E-state index in [-0.39, 0.29) is 5.97 Å². The number of carbonyl (C=O) groups excluding carboxylic acids is 1. The van der Waals surface area contributed by atoms with Gasteiger partial charge < -0.3 is 10.5 Å². The van der Waals surface area contributed by atoms with E-state index in [1.807, 2.05) is 19.1 Å². The molecule has 1 atom stereocenters. The Balaban J connectivity index is 2.48. The van der Waals surface area contributed by atoms with Crippen molar-refractivity contribution in [3.63, 3.8) is 0 Å². The fourth-order valence-electron chi connectivity index (χ4n) is 1.14. The highest BCUT2D eigenvalue weighted by Gasteiger charge is 2.15. The number of carbonyl (C=O) groups is 1. The molecule has 0 saturated carbocycles. The number of esters is 1. The van der Waals surface area contributed by atoms with Crippen LogP contribution in [-0.4, -0.2) is 18.6 Å². The predicted octanol–water partition coefficient (Wildman–Crippen LogP) is 1.49. The van der Waals surface area contributed by atoms with Gasteiger partial charge in [-0.3, -0.25) is 4.79 Å². The van der Waals surface area contributed by atoms with E-state index in [1.54, 1.807) is 18.3 Å². The number of thiophene rings is 1. The van der Waals surface area contributed by atoms with Crippen LogP contribution >= 0.6 is 11.3 Å². The van der Waals surface area contributed by atoms with Crippen LogP contribution in [0.2, 0.25) is 0 Å². The fraction of sp³-hybridized carbons (Fsp3) is 0.500. The van der Waals surface area contributed by atoms with E-state index in [0.29, 0.717) is 13.0 Å². The maximum Gasteiger partial charge on any atom is 0.323 e. The minimum absolute atomic E-state index is 0.321. The topological polar surface area (TPSA) is 52.3 Å². The lowest BCUT2D eigenvalue weighted by Crippen LogP contribution is -2.34. The van der Waals surface area contributed by atoms with Crippen LogP contribution in [0, 0.1) is 6.92 Å². The first kappa shape index (κ1) is 11.2. The summed E-state index contributed by atoms with van der Waals surface area (Å²) in [7, 11) is 0. The van der Waals surface area contributed by atoms with Crippen molar-refractivity contribution in [2.24, 2.45) is 5.73 Å². The highest BCUT2D eigenvalue weighted by atomic mass is 32.1. The average Bonchev–Trinajstić information content (AvgIpc) is 2.51. The molecule has 14 heavy (non-hydrogen) atoms. The smallest absolute Gasteiger partial charge is 0.323 e. The van der Waals surface area contributed by atoms with E-state index in [0.717, 1.165) is 4.88 Å². The summed E-state index contributed by atoms with van der Waals surface area (Å²) in [5, 5.41) is 0. The molecule has 0 radical (unpaired) electrons. The lowest BCUT2D eigenvalue weighted by Gasteiger charge is -2.08. The van der Waals surface area contributed by atoms with Crippen molar-refractivity contribution in [1.29, 1.82) is 0 Å². The van der Waals surface area contributed by atoms with Crippen molar-refractivity contribution in [3.8, 4) is 0 Å². The highest BCUT2D eigenvalue weighted by Crippen LogP contribution is 2.16. The highest BCUT2D eigenvalue weighted by molar-refractivity contribution is 7.11. The zero-order valence-electron chi connectivity index (χ0n) is 8.45. The van der Waals surface area contributed by atoms with Crippen LogP contribution in [0.5, 0.6) is 0 Å². The van der Waals surface area contributed by atoms with E-state index in [9.17, 15) is 4.79 Å². The van der Waals surface area contributed by atoms with Gasteiger partial charge in [0.15, 0.2) is 0 Å². The first-order valence-electron chi connectivity index (χ1n) is 4.61. The third-order valence-corrected chi connectivity index (χ3v) is 2.83. The van der Waals surface area contributed by atoms with E-state index in [1.165, 1.54) is 4.88 Å². The monoisotopic (exact) mass is 213 g/mol. The summed E-state index contributed by atoms with van der Waals surface area (Å²) in [6, 6.07) is 3.49. The summed E-state index contributed by atoms with van der Waals surface area (Å²) in [6.45, 7) is 4.19. The second-order valence-corrected chi connectivity index (χ2v) is 4.45. The molecule has 0 bridgehead atoms. The molecule has 0 aromatic carbocycles. The van der Waals surface area contributed by atoms with Gasteiger partial charge >= 0.3 is 5.97 Å². The van der Waals surface area contributed by atoms with Gasteiger partial charge in [-0.05, 0) is 26.0 Å². The molecule has 0 aliphatic heterocycles. The van der Waals surface area contributed by atoms with Gasteiger partial charge in [0.1, 0.15) is 6.04 Å². The Bertz CT molecular complexity index is 309. The number of hydrogen-bond acceptors (Lipinski definition) is 4. The molecule has 1 rings (SSSR count). The van der Waals surface area contributed by atoms with Crippen molar-refractivity contribution in [2.75, 3.05) is 6.61 Å². The summed E-state index contributed by atoms with van der Waals surface area (Å²) in [6.07, 6.45) is 0.567. The molecule has 2 N–H and O–H groups in total. The van der Waals surface area contributed by atoms with Gasteiger partial charge in [0.2, 0.25) is 0 Å². The summed E-state index contributed by atoms with van der Waals surface area (Å²) in [5.74, 6) is -0.321. The molecule has 1 unspecified atom stereocenters. The second-order valence-electron chi connectivity index (χ2n) is 3.08. The fourth-order valence-corrected chi connectivity index (χ4v) is 2.09. The number of hydrogen-bond donors (Lipinski definition) is 1. The standard InChI is InChI=1S/C10H15NO2S/c1-3-13-10(12)9(11)6-8-5-4-7(2)14-8/h4-5,9H,3,6,11H2,1-2H3. The third-order valence-electron chi connectivity index (χ3n) is 1.81. The minimum Gasteiger partial charge on any atom is -0.465 e. The number of rotatable bonds is 4. The lowest BCUT2D eigenvalue weighted by atomic mass is 10.2. The molecule has 0 spiro atoms. The van der Waals surface area contributed by atoms with Crippen molar-refractivity contribution in [1.82, 2.24) is 0 Å². The molecule has 4 heteroatoms. The Morgan fingerprint density at radius 2 is 2.36 bits per heavy atom. The molecule has 1 aromatic rings. The Hall–Kier alpha value is -0.870. The molecule has 3 nitrogen and oxygen atoms in total. The lowest BCUT2D eigenvalue weighted by molar-refractivity contribution is -0.144. The third kappa shape index (κ3) is 3.12. The van der Waals surface area contributed by atoms with Crippen molar-refractivity contribution >= 4 is 17.3 Å². The van der Waals surface area contributed by atoms with Gasteiger partial charge in [0, 0.05) is 16.2 Å². The first-order chi connectivity index (χ1) is 6.63. The zero-order valence-corrected chi connectivity index (χ0v) is 9.26. The van der Waals surface area contributed by atoms with Crippen LogP contribution < -0.4 is 5.73 Å². The van der Waals surface area contributed by atoms with Gasteiger partial charge in [0.25, 0.3) is 0 Å². The van der Waals surface area contributed by atoms with Crippen LogP contribution in [0.3, 0.4) is 0 Å². The normalized spacial score (nSPS) is 12.5. The van der Waals surface area contributed by atoms with Crippen LogP contribution in [0.25, 0.3) is 0 Å². The molecular weight excluding hydrogens is 198 g/mol. The summed E-state index contributed by atoms with van der Waals surface area (Å²) >= 11 is 1.66. The van der Waals surface area contributed by atoms with Gasteiger partial charge in [-0.2, -0.15) is 0 Å². The summed E-state index contributed by atoms with van der Waals surface area (Å²) in [4.78, 5) is 13.6. The Labute approximate surface area is 87.9 Å². The van der Waals surface area contributed by atoms with E-state index >= 15 is 0 Å². The van der Waals surface area contributed by atoms with Crippen LogP contribution in [0.1, 0.15) is 16.7 Å².